The van der Waals surface area contributed by atoms with E-state index in [0.29, 0.717) is 0 Å². The van der Waals surface area contributed by atoms with Gasteiger partial charge in [0.05, 0.1) is 0 Å². The largest absolute Gasteiger partial charge is 0.353 e. The van der Waals surface area contributed by atoms with Gasteiger partial charge in [-0.05, 0) is 38.4 Å². The zero-order valence-electron chi connectivity index (χ0n) is 14.2. The summed E-state index contributed by atoms with van der Waals surface area (Å²) in [7, 11) is 0. The van der Waals surface area contributed by atoms with Gasteiger partial charge >= 0.3 is 0 Å². The molecular weight excluding hydrogens is 296 g/mol. The highest BCUT2D eigenvalue weighted by atomic mass is 35.5. The average molecular weight is 331 g/mol. The van der Waals surface area contributed by atoms with Crippen LogP contribution in [0.15, 0.2) is 12.7 Å². The molecular formula is C18H35ClN2O. The predicted octanol–water partition coefficient (Wildman–Crippen LogP) is 4.41. The maximum absolute atomic E-state index is 10.9. The molecule has 0 heterocycles. The number of carbonyl (C=O) groups is 1. The second-order valence-corrected chi connectivity index (χ2v) is 6.20. The molecule has 0 fully saturated rings. The Balaban J connectivity index is 2.99. The van der Waals surface area contributed by atoms with Crippen molar-refractivity contribution >= 4 is 17.5 Å². The zero-order valence-corrected chi connectivity index (χ0v) is 14.9. The number of nitrogens with one attached hydrogen (secondary N) is 2. The van der Waals surface area contributed by atoms with E-state index in [9.17, 15) is 4.79 Å². The summed E-state index contributed by atoms with van der Waals surface area (Å²) in [6, 6.07) is 0. The van der Waals surface area contributed by atoms with E-state index >= 15 is 0 Å². The quantitative estimate of drug-likeness (QED) is 0.236. The Hall–Kier alpha value is -0.540. The van der Waals surface area contributed by atoms with Crippen molar-refractivity contribution < 1.29 is 4.79 Å². The van der Waals surface area contributed by atoms with Gasteiger partial charge in [-0.1, -0.05) is 57.9 Å². The summed E-state index contributed by atoms with van der Waals surface area (Å²) in [5.74, 6) is 0.699. The van der Waals surface area contributed by atoms with Crippen LogP contribution in [0.2, 0.25) is 0 Å². The lowest BCUT2D eigenvalue weighted by molar-refractivity contribution is -0.116. The van der Waals surface area contributed by atoms with E-state index in [4.69, 9.17) is 11.6 Å². The summed E-state index contributed by atoms with van der Waals surface area (Å²) in [6.07, 6.45) is 15.4. The van der Waals surface area contributed by atoms with Crippen LogP contribution in [0.1, 0.15) is 70.6 Å². The Morgan fingerprint density at radius 2 is 1.23 bits per heavy atom. The molecule has 130 valence electrons. The van der Waals surface area contributed by atoms with E-state index in [1.807, 2.05) is 0 Å². The molecule has 4 heteroatoms. The van der Waals surface area contributed by atoms with Crippen molar-refractivity contribution in [1.29, 1.82) is 0 Å². The third-order valence-electron chi connectivity index (χ3n) is 3.75. The molecule has 0 aliphatic rings. The van der Waals surface area contributed by atoms with E-state index in [-0.39, 0.29) is 5.91 Å². The minimum Gasteiger partial charge on any atom is -0.353 e. The van der Waals surface area contributed by atoms with Crippen LogP contribution >= 0.6 is 11.6 Å². The topological polar surface area (TPSA) is 41.1 Å². The first-order valence-electron chi connectivity index (χ1n) is 8.98. The Labute approximate surface area is 142 Å². The van der Waals surface area contributed by atoms with Gasteiger partial charge in [-0.2, -0.15) is 0 Å². The molecule has 0 aliphatic carbocycles. The third-order valence-corrected chi connectivity index (χ3v) is 4.02. The summed E-state index contributed by atoms with van der Waals surface area (Å²) in [5.41, 5.74) is 0. The highest BCUT2D eigenvalue weighted by molar-refractivity contribution is 6.17. The highest BCUT2D eigenvalue weighted by Crippen LogP contribution is 2.10. The van der Waals surface area contributed by atoms with E-state index in [0.717, 1.165) is 38.4 Å². The standard InChI is InChI=1S/C18H35ClN2O/c1-2-18(22)21-17-12-10-8-6-4-3-5-7-9-11-15-20-16-13-14-19/h2,20H,1,3-17H2,(H,21,22). The Kier molecular flexibility index (Phi) is 18.1. The maximum atomic E-state index is 10.9. The average Bonchev–Trinajstić information content (AvgIpc) is 2.54. The van der Waals surface area contributed by atoms with E-state index in [1.54, 1.807) is 0 Å². The summed E-state index contributed by atoms with van der Waals surface area (Å²) < 4.78 is 0. The van der Waals surface area contributed by atoms with Crippen molar-refractivity contribution in [1.82, 2.24) is 10.6 Å². The maximum Gasteiger partial charge on any atom is 0.243 e. The lowest BCUT2D eigenvalue weighted by atomic mass is 10.1. The molecule has 0 atom stereocenters. The van der Waals surface area contributed by atoms with Crippen molar-refractivity contribution in [2.24, 2.45) is 0 Å². The van der Waals surface area contributed by atoms with Gasteiger partial charge in [0, 0.05) is 12.4 Å². The molecule has 0 aromatic heterocycles. The van der Waals surface area contributed by atoms with Crippen molar-refractivity contribution in [3.8, 4) is 0 Å². The molecule has 0 aliphatic heterocycles. The molecule has 0 bridgehead atoms. The molecule has 22 heavy (non-hydrogen) atoms. The van der Waals surface area contributed by atoms with Gasteiger partial charge in [-0.25, -0.2) is 0 Å². The minimum absolute atomic E-state index is 0.0609. The Bertz CT molecular complexity index is 259. The predicted molar refractivity (Wildman–Crippen MR) is 97.6 cm³/mol. The normalized spacial score (nSPS) is 10.6. The molecule has 0 saturated heterocycles. The molecule has 1 amide bonds. The lowest BCUT2D eigenvalue weighted by Crippen LogP contribution is -2.21. The van der Waals surface area contributed by atoms with Crippen LogP contribution in [0.3, 0.4) is 0 Å². The first-order valence-corrected chi connectivity index (χ1v) is 9.51. The molecule has 0 saturated carbocycles. The second-order valence-electron chi connectivity index (χ2n) is 5.82. The van der Waals surface area contributed by atoms with Crippen LogP contribution < -0.4 is 10.6 Å². The molecule has 2 N–H and O–H groups in total. The SMILES string of the molecule is C=CC(=O)NCCCCCCCCCCCCNCCCCl. The Morgan fingerprint density at radius 3 is 1.73 bits per heavy atom. The van der Waals surface area contributed by atoms with Crippen LogP contribution in [0.4, 0.5) is 0 Å². The van der Waals surface area contributed by atoms with Crippen molar-refractivity contribution in [2.75, 3.05) is 25.5 Å². The molecule has 3 nitrogen and oxygen atoms in total. The molecule has 0 spiro atoms. The van der Waals surface area contributed by atoms with Gasteiger partial charge in [-0.15, -0.1) is 11.6 Å². The fraction of sp³-hybridized carbons (Fsp3) is 0.833. The lowest BCUT2D eigenvalue weighted by Gasteiger charge is -2.04. The molecule has 0 rings (SSSR count). The number of rotatable bonds is 17. The van der Waals surface area contributed by atoms with Crippen LogP contribution in [-0.4, -0.2) is 31.4 Å². The summed E-state index contributed by atoms with van der Waals surface area (Å²) >= 11 is 5.62. The smallest absolute Gasteiger partial charge is 0.243 e. The fourth-order valence-corrected chi connectivity index (χ4v) is 2.52. The molecule has 0 unspecified atom stereocenters. The van der Waals surface area contributed by atoms with E-state index < -0.39 is 0 Å². The highest BCUT2D eigenvalue weighted by Gasteiger charge is 1.95. The number of unbranched alkanes of at least 4 members (excludes halogenated alkanes) is 9. The summed E-state index contributed by atoms with van der Waals surface area (Å²) in [5, 5.41) is 6.23. The number of carbonyl (C=O) groups excluding carboxylic acids is 1. The van der Waals surface area contributed by atoms with Gasteiger partial charge in [0.25, 0.3) is 0 Å². The van der Waals surface area contributed by atoms with Crippen molar-refractivity contribution in [3.63, 3.8) is 0 Å². The van der Waals surface area contributed by atoms with Crippen molar-refractivity contribution in [3.05, 3.63) is 12.7 Å². The Morgan fingerprint density at radius 1 is 0.773 bits per heavy atom. The fourth-order valence-electron chi connectivity index (χ4n) is 2.39. The minimum atomic E-state index is -0.0609. The van der Waals surface area contributed by atoms with Gasteiger partial charge in [0.1, 0.15) is 0 Å². The van der Waals surface area contributed by atoms with E-state index in [1.165, 1.54) is 63.9 Å². The van der Waals surface area contributed by atoms with Gasteiger partial charge in [0.2, 0.25) is 5.91 Å². The number of alkyl halides is 1. The van der Waals surface area contributed by atoms with Gasteiger partial charge in [0.15, 0.2) is 0 Å². The second kappa shape index (κ2) is 18.5. The number of amides is 1. The first-order chi connectivity index (χ1) is 10.8. The monoisotopic (exact) mass is 330 g/mol. The zero-order chi connectivity index (χ0) is 16.3. The van der Waals surface area contributed by atoms with Crippen LogP contribution in [-0.2, 0) is 4.79 Å². The van der Waals surface area contributed by atoms with Crippen molar-refractivity contribution in [2.45, 2.75) is 70.6 Å². The number of hydrogen-bond donors (Lipinski definition) is 2. The first kappa shape index (κ1) is 21.5. The van der Waals surface area contributed by atoms with Crippen LogP contribution in [0, 0.1) is 0 Å². The molecule has 0 aromatic carbocycles. The van der Waals surface area contributed by atoms with Crippen LogP contribution in [0.5, 0.6) is 0 Å². The van der Waals surface area contributed by atoms with Crippen LogP contribution in [0.25, 0.3) is 0 Å². The summed E-state index contributed by atoms with van der Waals surface area (Å²) in [4.78, 5) is 10.9. The van der Waals surface area contributed by atoms with Gasteiger partial charge in [-0.3, -0.25) is 4.79 Å². The van der Waals surface area contributed by atoms with E-state index in [2.05, 4.69) is 17.2 Å². The number of hydrogen-bond acceptors (Lipinski definition) is 2. The molecule has 0 radical (unpaired) electrons. The third kappa shape index (κ3) is 17.5. The molecule has 0 aromatic rings. The van der Waals surface area contributed by atoms with Gasteiger partial charge < -0.3 is 10.6 Å². The summed E-state index contributed by atoms with van der Waals surface area (Å²) in [6.45, 7) is 6.41. The number of halogens is 1.